The van der Waals surface area contributed by atoms with Gasteiger partial charge in [-0.15, -0.1) is 0 Å². The number of aryl methyl sites for hydroxylation is 1. The van der Waals surface area contributed by atoms with Crippen molar-refractivity contribution in [1.82, 2.24) is 0 Å². The number of unbranched alkanes of at least 4 members (excludes halogenated alkanes) is 1. The molecule has 2 nitrogen and oxygen atoms in total. The van der Waals surface area contributed by atoms with Crippen LogP contribution in [0.2, 0.25) is 0 Å². The normalized spacial score (nSPS) is 12.3. The van der Waals surface area contributed by atoms with E-state index in [0.717, 1.165) is 39.5 Å². The lowest BCUT2D eigenvalue weighted by Gasteiger charge is -2.33. The van der Waals surface area contributed by atoms with Gasteiger partial charge in [0.2, 0.25) is 0 Å². The molecule has 0 unspecified atom stereocenters. The molecule has 0 saturated heterocycles. The maximum Gasteiger partial charge on any atom is 0.152 e. The molecule has 3 aromatic carbocycles. The molecule has 0 aliphatic carbocycles. The van der Waals surface area contributed by atoms with E-state index in [-0.39, 0.29) is 0 Å². The van der Waals surface area contributed by atoms with Crippen LogP contribution in [-0.4, -0.2) is 7.85 Å². The molecule has 1 aliphatic rings. The van der Waals surface area contributed by atoms with E-state index in [0.29, 0.717) is 5.46 Å². The monoisotopic (exact) mass is 403 g/mol. The van der Waals surface area contributed by atoms with Gasteiger partial charge in [-0.3, -0.25) is 0 Å². The fourth-order valence-corrected chi connectivity index (χ4v) is 3.61. The van der Waals surface area contributed by atoms with Gasteiger partial charge in [0.15, 0.2) is 11.5 Å². The third-order valence-corrected chi connectivity index (χ3v) is 5.11. The summed E-state index contributed by atoms with van der Waals surface area (Å²) in [7, 11) is 5.97. The van der Waals surface area contributed by atoms with Crippen LogP contribution >= 0.6 is 15.9 Å². The zero-order valence-corrected chi connectivity index (χ0v) is 16.3. The lowest BCUT2D eigenvalue weighted by Crippen LogP contribution is -2.17. The minimum atomic E-state index is 0.692. The molecule has 0 aromatic heterocycles. The molecule has 26 heavy (non-hydrogen) atoms. The SMILES string of the molecule is [B]c1ccc2c(c1)Oc1cc(Br)ccc1N2c1ccc(CCCC)cc1. The first-order valence-corrected chi connectivity index (χ1v) is 9.71. The smallest absolute Gasteiger partial charge is 0.152 e. The molecular weight excluding hydrogens is 385 g/mol. The fraction of sp³-hybridized carbons (Fsp3) is 0.182. The Bertz CT molecular complexity index is 888. The highest BCUT2D eigenvalue weighted by Gasteiger charge is 2.25. The van der Waals surface area contributed by atoms with Crippen molar-refractivity contribution in [1.29, 1.82) is 0 Å². The van der Waals surface area contributed by atoms with Gasteiger partial charge in [0.05, 0.1) is 11.4 Å². The van der Waals surface area contributed by atoms with Gasteiger partial charge in [0, 0.05) is 10.2 Å². The Morgan fingerprint density at radius 2 is 1.62 bits per heavy atom. The highest BCUT2D eigenvalue weighted by atomic mass is 79.9. The molecule has 4 rings (SSSR count). The number of anilines is 3. The first kappa shape index (κ1) is 17.2. The summed E-state index contributed by atoms with van der Waals surface area (Å²) in [4.78, 5) is 2.23. The van der Waals surface area contributed by atoms with Crippen molar-refractivity contribution in [2.45, 2.75) is 26.2 Å². The third-order valence-electron chi connectivity index (χ3n) is 4.62. The van der Waals surface area contributed by atoms with E-state index in [1.54, 1.807) is 0 Å². The zero-order valence-electron chi connectivity index (χ0n) is 14.7. The van der Waals surface area contributed by atoms with Crippen molar-refractivity contribution in [2.75, 3.05) is 4.90 Å². The summed E-state index contributed by atoms with van der Waals surface area (Å²) in [6, 6.07) is 20.7. The Morgan fingerprint density at radius 3 is 2.35 bits per heavy atom. The molecule has 0 amide bonds. The van der Waals surface area contributed by atoms with Gasteiger partial charge < -0.3 is 9.64 Å². The maximum absolute atomic E-state index is 6.12. The van der Waals surface area contributed by atoms with Gasteiger partial charge >= 0.3 is 0 Å². The van der Waals surface area contributed by atoms with Crippen LogP contribution in [0.3, 0.4) is 0 Å². The van der Waals surface area contributed by atoms with Crippen LogP contribution < -0.4 is 15.1 Å². The van der Waals surface area contributed by atoms with E-state index in [1.165, 1.54) is 18.4 Å². The number of benzene rings is 3. The number of hydrogen-bond donors (Lipinski definition) is 0. The molecule has 0 atom stereocenters. The van der Waals surface area contributed by atoms with Crippen LogP contribution in [0, 0.1) is 0 Å². The highest BCUT2D eigenvalue weighted by Crippen LogP contribution is 2.50. The molecule has 0 bridgehead atoms. The lowest BCUT2D eigenvalue weighted by molar-refractivity contribution is 0.477. The van der Waals surface area contributed by atoms with E-state index in [4.69, 9.17) is 12.6 Å². The van der Waals surface area contributed by atoms with E-state index in [1.807, 2.05) is 30.3 Å². The van der Waals surface area contributed by atoms with Crippen molar-refractivity contribution in [2.24, 2.45) is 0 Å². The van der Waals surface area contributed by atoms with Crippen molar-refractivity contribution in [3.63, 3.8) is 0 Å². The summed E-state index contributed by atoms with van der Waals surface area (Å²) in [5.41, 5.74) is 5.19. The van der Waals surface area contributed by atoms with Gasteiger partial charge in [-0.05, 0) is 60.9 Å². The van der Waals surface area contributed by atoms with Crippen LogP contribution in [-0.2, 0) is 6.42 Å². The molecule has 2 radical (unpaired) electrons. The average molecular weight is 404 g/mol. The summed E-state index contributed by atoms with van der Waals surface area (Å²) in [6.07, 6.45) is 3.55. The Hall–Kier alpha value is -2.20. The number of rotatable bonds is 4. The topological polar surface area (TPSA) is 12.5 Å². The average Bonchev–Trinajstić information content (AvgIpc) is 2.64. The Morgan fingerprint density at radius 1 is 0.923 bits per heavy atom. The van der Waals surface area contributed by atoms with Crippen LogP contribution in [0.15, 0.2) is 65.1 Å². The molecule has 3 aromatic rings. The predicted molar refractivity (Wildman–Crippen MR) is 113 cm³/mol. The highest BCUT2D eigenvalue weighted by molar-refractivity contribution is 9.10. The second kappa shape index (κ2) is 7.20. The molecular formula is C22H19BBrNO. The molecule has 1 aliphatic heterocycles. The number of halogens is 1. The summed E-state index contributed by atoms with van der Waals surface area (Å²) >= 11 is 3.53. The summed E-state index contributed by atoms with van der Waals surface area (Å²) < 4.78 is 7.10. The molecule has 0 saturated carbocycles. The van der Waals surface area contributed by atoms with Crippen LogP contribution in [0.1, 0.15) is 25.3 Å². The molecule has 0 N–H and O–H groups in total. The fourth-order valence-electron chi connectivity index (χ4n) is 3.27. The number of hydrogen-bond acceptors (Lipinski definition) is 2. The van der Waals surface area contributed by atoms with Crippen molar-refractivity contribution >= 4 is 46.3 Å². The van der Waals surface area contributed by atoms with Crippen LogP contribution in [0.4, 0.5) is 17.1 Å². The second-order valence-electron chi connectivity index (χ2n) is 6.55. The van der Waals surface area contributed by atoms with E-state index >= 15 is 0 Å². The quantitative estimate of drug-likeness (QED) is 0.378. The van der Waals surface area contributed by atoms with Crippen LogP contribution in [0.5, 0.6) is 11.5 Å². The lowest BCUT2D eigenvalue weighted by atomic mass is 9.95. The number of ether oxygens (including phenoxy) is 1. The van der Waals surface area contributed by atoms with Gasteiger partial charge in [-0.1, -0.05) is 52.9 Å². The number of nitrogens with zero attached hydrogens (tertiary/aromatic N) is 1. The maximum atomic E-state index is 6.12. The first-order valence-electron chi connectivity index (χ1n) is 8.91. The zero-order chi connectivity index (χ0) is 18.1. The minimum Gasteiger partial charge on any atom is -0.453 e. The van der Waals surface area contributed by atoms with E-state index < -0.39 is 0 Å². The van der Waals surface area contributed by atoms with E-state index in [9.17, 15) is 0 Å². The molecule has 1 heterocycles. The largest absolute Gasteiger partial charge is 0.453 e. The van der Waals surface area contributed by atoms with Gasteiger partial charge in [0.1, 0.15) is 7.85 Å². The predicted octanol–water partition coefficient (Wildman–Crippen LogP) is 6.16. The molecule has 0 fully saturated rings. The van der Waals surface area contributed by atoms with Crippen molar-refractivity contribution < 1.29 is 4.74 Å². The van der Waals surface area contributed by atoms with Crippen LogP contribution in [0.25, 0.3) is 0 Å². The molecule has 0 spiro atoms. The first-order chi connectivity index (χ1) is 12.7. The Labute approximate surface area is 164 Å². The van der Waals surface area contributed by atoms with Gasteiger partial charge in [-0.2, -0.15) is 0 Å². The second-order valence-corrected chi connectivity index (χ2v) is 7.46. The standard InChI is InChI=1S/C22H19BBrNO/c1-2-3-4-15-5-9-18(10-6-15)25-19-11-7-16(23)13-21(19)26-22-14-17(24)8-12-20(22)25/h5-14H,2-4H2,1H3. The minimum absolute atomic E-state index is 0.692. The third kappa shape index (κ3) is 3.26. The van der Waals surface area contributed by atoms with Gasteiger partial charge in [0.25, 0.3) is 0 Å². The summed E-state index contributed by atoms with van der Waals surface area (Å²) in [5.74, 6) is 1.58. The van der Waals surface area contributed by atoms with Crippen molar-refractivity contribution in [3.05, 3.63) is 70.7 Å². The Balaban J connectivity index is 1.80. The molecule has 128 valence electrons. The molecule has 4 heteroatoms. The van der Waals surface area contributed by atoms with E-state index in [2.05, 4.69) is 58.1 Å². The van der Waals surface area contributed by atoms with Crippen molar-refractivity contribution in [3.8, 4) is 11.5 Å². The summed E-state index contributed by atoms with van der Waals surface area (Å²) in [6.45, 7) is 2.22. The number of fused-ring (bicyclic) bond motifs is 2. The summed E-state index contributed by atoms with van der Waals surface area (Å²) in [5, 5.41) is 0. The Kier molecular flexibility index (Phi) is 4.77. The van der Waals surface area contributed by atoms with Gasteiger partial charge in [-0.25, -0.2) is 0 Å².